The molecule has 3 rings (SSSR count). The first-order valence-electron chi connectivity index (χ1n) is 9.85. The topological polar surface area (TPSA) is 35.5 Å². The molecule has 0 bridgehead atoms. The number of benzene rings is 3. The number of rotatable bonds is 8. The number of halogens is 1. The van der Waals surface area contributed by atoms with Crippen molar-refractivity contribution >= 4 is 21.9 Å². The van der Waals surface area contributed by atoms with Crippen LogP contribution in [0.1, 0.15) is 29.5 Å². The Hall–Kier alpha value is -3.03. The van der Waals surface area contributed by atoms with Crippen LogP contribution in [0.4, 0.5) is 0 Å². The maximum atomic E-state index is 11.8. The molecule has 0 fully saturated rings. The Kier molecular flexibility index (Phi) is 8.56. The Bertz CT molecular complexity index is 1000. The van der Waals surface area contributed by atoms with E-state index in [1.165, 1.54) is 5.56 Å². The summed E-state index contributed by atoms with van der Waals surface area (Å²) in [6.45, 7) is 0.901. The second kappa shape index (κ2) is 11.8. The van der Waals surface area contributed by atoms with E-state index in [4.69, 9.17) is 9.47 Å². The molecule has 3 aromatic rings. The van der Waals surface area contributed by atoms with Crippen LogP contribution in [0, 0.1) is 11.8 Å². The lowest BCUT2D eigenvalue weighted by atomic mass is 10.2. The highest BCUT2D eigenvalue weighted by molar-refractivity contribution is 9.10. The standard InChI is InChI=1S/C26H23BrO3/c27-24-15-13-21(14-16-24)17-18-29-25-11-6-10-22(19-25)7-4-5-12-26(28)30-20-23-8-2-1-3-9-23/h1-3,6,8-11,13-16,19H,5,12,17-18,20H2. The summed E-state index contributed by atoms with van der Waals surface area (Å²) in [5, 5.41) is 0. The molecule has 0 spiro atoms. The van der Waals surface area contributed by atoms with Gasteiger partial charge in [0.25, 0.3) is 0 Å². The molecule has 3 nitrogen and oxygen atoms in total. The van der Waals surface area contributed by atoms with Gasteiger partial charge in [0, 0.05) is 22.9 Å². The van der Waals surface area contributed by atoms with E-state index in [1.807, 2.05) is 66.7 Å². The van der Waals surface area contributed by atoms with Gasteiger partial charge in [-0.05, 0) is 41.5 Å². The van der Waals surface area contributed by atoms with Crippen LogP contribution in [0.2, 0.25) is 0 Å². The molecule has 0 saturated carbocycles. The maximum absolute atomic E-state index is 11.8. The van der Waals surface area contributed by atoms with E-state index in [0.29, 0.717) is 19.6 Å². The molecule has 0 saturated heterocycles. The van der Waals surface area contributed by atoms with Gasteiger partial charge < -0.3 is 9.47 Å². The third-order valence-corrected chi connectivity index (χ3v) is 4.86. The largest absolute Gasteiger partial charge is 0.493 e. The zero-order chi connectivity index (χ0) is 21.0. The van der Waals surface area contributed by atoms with Crippen molar-refractivity contribution in [2.45, 2.75) is 25.9 Å². The minimum Gasteiger partial charge on any atom is -0.493 e. The predicted octanol–water partition coefficient (Wildman–Crippen LogP) is 5.95. The fourth-order valence-electron chi connectivity index (χ4n) is 2.74. The molecular weight excluding hydrogens is 440 g/mol. The molecule has 4 heteroatoms. The molecule has 0 aliphatic heterocycles. The van der Waals surface area contributed by atoms with Crippen LogP contribution in [0.25, 0.3) is 0 Å². The fraction of sp³-hybridized carbons (Fsp3) is 0.192. The third kappa shape index (κ3) is 7.77. The van der Waals surface area contributed by atoms with Gasteiger partial charge in [0.15, 0.2) is 0 Å². The van der Waals surface area contributed by atoms with Gasteiger partial charge in [-0.25, -0.2) is 0 Å². The Balaban J connectivity index is 1.40. The lowest BCUT2D eigenvalue weighted by molar-refractivity contribution is -0.144. The highest BCUT2D eigenvalue weighted by Gasteiger charge is 2.02. The Morgan fingerprint density at radius 2 is 1.70 bits per heavy atom. The maximum Gasteiger partial charge on any atom is 0.307 e. The fourth-order valence-corrected chi connectivity index (χ4v) is 3.01. The molecule has 0 heterocycles. The highest BCUT2D eigenvalue weighted by Crippen LogP contribution is 2.14. The minimum absolute atomic E-state index is 0.238. The number of ether oxygens (including phenoxy) is 2. The van der Waals surface area contributed by atoms with Gasteiger partial charge in [0.1, 0.15) is 12.4 Å². The molecule has 0 aromatic heterocycles. The molecular formula is C26H23BrO3. The second-order valence-corrected chi connectivity index (χ2v) is 7.62. The average molecular weight is 463 g/mol. The summed E-state index contributed by atoms with van der Waals surface area (Å²) in [5.41, 5.74) is 3.08. The SMILES string of the molecule is O=C(CCC#Cc1cccc(OCCc2ccc(Br)cc2)c1)OCc1ccccc1. The van der Waals surface area contributed by atoms with E-state index in [1.54, 1.807) is 0 Å². The molecule has 0 aliphatic rings. The number of esters is 1. The van der Waals surface area contributed by atoms with Gasteiger partial charge >= 0.3 is 5.97 Å². The van der Waals surface area contributed by atoms with Gasteiger partial charge in [-0.3, -0.25) is 4.79 Å². The highest BCUT2D eigenvalue weighted by atomic mass is 79.9. The number of hydrogen-bond donors (Lipinski definition) is 0. The third-order valence-electron chi connectivity index (χ3n) is 4.34. The van der Waals surface area contributed by atoms with Gasteiger partial charge in [-0.2, -0.15) is 0 Å². The first-order chi connectivity index (χ1) is 14.7. The molecule has 0 amide bonds. The summed E-state index contributed by atoms with van der Waals surface area (Å²) in [7, 11) is 0. The molecule has 0 radical (unpaired) electrons. The minimum atomic E-state index is -0.238. The van der Waals surface area contributed by atoms with Crippen LogP contribution in [-0.2, 0) is 22.6 Å². The van der Waals surface area contributed by atoms with E-state index in [9.17, 15) is 4.79 Å². The summed E-state index contributed by atoms with van der Waals surface area (Å²) < 4.78 is 12.2. The summed E-state index contributed by atoms with van der Waals surface area (Å²) in [6.07, 6.45) is 1.58. The molecule has 3 aromatic carbocycles. The van der Waals surface area contributed by atoms with E-state index in [-0.39, 0.29) is 12.4 Å². The molecule has 0 N–H and O–H groups in total. The van der Waals surface area contributed by atoms with Gasteiger partial charge in [-0.15, -0.1) is 0 Å². The van der Waals surface area contributed by atoms with Crippen molar-refractivity contribution in [1.82, 2.24) is 0 Å². The smallest absolute Gasteiger partial charge is 0.307 e. The normalized spacial score (nSPS) is 10.0. The molecule has 30 heavy (non-hydrogen) atoms. The summed E-state index contributed by atoms with van der Waals surface area (Å²) in [5.74, 6) is 6.67. The lowest BCUT2D eigenvalue weighted by Gasteiger charge is -2.06. The van der Waals surface area contributed by atoms with Crippen LogP contribution in [0.3, 0.4) is 0 Å². The van der Waals surface area contributed by atoms with E-state index < -0.39 is 0 Å². The van der Waals surface area contributed by atoms with Crippen molar-refractivity contribution in [3.63, 3.8) is 0 Å². The lowest BCUT2D eigenvalue weighted by Crippen LogP contribution is -2.03. The number of carbonyl (C=O) groups excluding carboxylic acids is 1. The predicted molar refractivity (Wildman–Crippen MR) is 122 cm³/mol. The van der Waals surface area contributed by atoms with Gasteiger partial charge in [-0.1, -0.05) is 76.3 Å². The van der Waals surface area contributed by atoms with Crippen molar-refractivity contribution in [2.75, 3.05) is 6.61 Å². The molecule has 0 aliphatic carbocycles. The molecule has 152 valence electrons. The summed E-state index contributed by atoms with van der Waals surface area (Å²) in [4.78, 5) is 11.8. The van der Waals surface area contributed by atoms with Crippen LogP contribution < -0.4 is 4.74 Å². The monoisotopic (exact) mass is 462 g/mol. The van der Waals surface area contributed by atoms with E-state index in [2.05, 4.69) is 39.9 Å². The Morgan fingerprint density at radius 3 is 2.50 bits per heavy atom. The van der Waals surface area contributed by atoms with E-state index >= 15 is 0 Å². The van der Waals surface area contributed by atoms with Crippen LogP contribution in [-0.4, -0.2) is 12.6 Å². The van der Waals surface area contributed by atoms with Crippen LogP contribution in [0.15, 0.2) is 83.3 Å². The van der Waals surface area contributed by atoms with Crippen LogP contribution >= 0.6 is 15.9 Å². The zero-order valence-corrected chi connectivity index (χ0v) is 18.2. The summed E-state index contributed by atoms with van der Waals surface area (Å²) >= 11 is 3.44. The number of hydrogen-bond acceptors (Lipinski definition) is 3. The summed E-state index contributed by atoms with van der Waals surface area (Å²) in [6, 6.07) is 25.6. The van der Waals surface area contributed by atoms with Crippen molar-refractivity contribution in [3.8, 4) is 17.6 Å². The Morgan fingerprint density at radius 1 is 0.900 bits per heavy atom. The second-order valence-electron chi connectivity index (χ2n) is 6.70. The van der Waals surface area contributed by atoms with Crippen molar-refractivity contribution in [3.05, 3.63) is 100 Å². The Labute approximate surface area is 186 Å². The molecule has 0 unspecified atom stereocenters. The van der Waals surface area contributed by atoms with Gasteiger partial charge in [0.2, 0.25) is 0 Å². The first-order valence-corrected chi connectivity index (χ1v) is 10.6. The first kappa shape index (κ1) is 21.7. The quantitative estimate of drug-likeness (QED) is 0.306. The zero-order valence-electron chi connectivity index (χ0n) is 16.6. The molecule has 0 atom stereocenters. The van der Waals surface area contributed by atoms with Crippen molar-refractivity contribution < 1.29 is 14.3 Å². The van der Waals surface area contributed by atoms with Gasteiger partial charge in [0.05, 0.1) is 13.0 Å². The van der Waals surface area contributed by atoms with Crippen molar-refractivity contribution in [1.29, 1.82) is 0 Å². The average Bonchev–Trinajstić information content (AvgIpc) is 2.78. The van der Waals surface area contributed by atoms with Crippen molar-refractivity contribution in [2.24, 2.45) is 0 Å². The van der Waals surface area contributed by atoms with E-state index in [0.717, 1.165) is 27.8 Å². The number of carbonyl (C=O) groups is 1. The van der Waals surface area contributed by atoms with Crippen LogP contribution in [0.5, 0.6) is 5.75 Å².